The fourth-order valence-corrected chi connectivity index (χ4v) is 5.82. The zero-order valence-electron chi connectivity index (χ0n) is 23.2. The summed E-state index contributed by atoms with van der Waals surface area (Å²) in [6, 6.07) is 9.17. The zero-order valence-corrected chi connectivity index (χ0v) is 25.4. The van der Waals surface area contributed by atoms with Crippen LogP contribution >= 0.6 is 22.6 Å². The summed E-state index contributed by atoms with van der Waals surface area (Å²) >= 11 is 2.20. The van der Waals surface area contributed by atoms with Crippen LogP contribution in [0.1, 0.15) is 60.8 Å². The molecule has 0 aliphatic carbocycles. The number of hydrogen-bond acceptors (Lipinski definition) is 5. The Hall–Kier alpha value is -2.24. The maximum absolute atomic E-state index is 14.6. The van der Waals surface area contributed by atoms with Crippen molar-refractivity contribution in [1.29, 1.82) is 0 Å². The molecule has 4 atom stereocenters. The van der Waals surface area contributed by atoms with Gasteiger partial charge in [0.1, 0.15) is 29.8 Å². The number of amides is 2. The Morgan fingerprint density at radius 2 is 1.92 bits per heavy atom. The van der Waals surface area contributed by atoms with E-state index in [0.717, 1.165) is 9.13 Å². The van der Waals surface area contributed by atoms with Crippen LogP contribution in [0.4, 0.5) is 9.18 Å². The molecule has 2 amide bonds. The molecule has 0 spiro atoms. The highest BCUT2D eigenvalue weighted by atomic mass is 127. The molecule has 38 heavy (non-hydrogen) atoms. The molecule has 2 heterocycles. The van der Waals surface area contributed by atoms with E-state index in [2.05, 4.69) is 39.7 Å². The van der Waals surface area contributed by atoms with Gasteiger partial charge in [0.25, 0.3) is 5.91 Å². The number of piperazine rings is 1. The summed E-state index contributed by atoms with van der Waals surface area (Å²) < 4.78 is 28.3. The highest BCUT2D eigenvalue weighted by Crippen LogP contribution is 2.45. The first kappa shape index (κ1) is 28.8. The van der Waals surface area contributed by atoms with Crippen molar-refractivity contribution in [2.24, 2.45) is 0 Å². The molecule has 2 aliphatic heterocycles. The van der Waals surface area contributed by atoms with Crippen LogP contribution in [0.2, 0.25) is 0 Å². The van der Waals surface area contributed by atoms with Gasteiger partial charge in [-0.3, -0.25) is 9.69 Å². The number of rotatable bonds is 6. The average Bonchev–Trinajstić information content (AvgIpc) is 3.45. The summed E-state index contributed by atoms with van der Waals surface area (Å²) in [5.74, 6) is -0.0728. The van der Waals surface area contributed by atoms with Crippen molar-refractivity contribution in [3.63, 3.8) is 0 Å². The Labute approximate surface area is 238 Å². The minimum absolute atomic E-state index is 0.149. The molecule has 4 rings (SSSR count). The Morgan fingerprint density at radius 3 is 2.53 bits per heavy atom. The average molecular weight is 639 g/mol. The van der Waals surface area contributed by atoms with Gasteiger partial charge in [0, 0.05) is 23.7 Å². The molecule has 2 unspecified atom stereocenters. The second kappa shape index (κ2) is 10.7. The van der Waals surface area contributed by atoms with Gasteiger partial charge in [-0.1, -0.05) is 12.1 Å². The van der Waals surface area contributed by atoms with Crippen molar-refractivity contribution < 1.29 is 27.9 Å². The third-order valence-corrected chi connectivity index (χ3v) is 8.91. The normalized spacial score (nSPS) is 23.8. The van der Waals surface area contributed by atoms with Crippen molar-refractivity contribution in [3.8, 4) is 5.75 Å². The van der Waals surface area contributed by atoms with Gasteiger partial charge < -0.3 is 14.8 Å². The molecule has 7 nitrogen and oxygen atoms in total. The Morgan fingerprint density at radius 1 is 1.21 bits per heavy atom. The van der Waals surface area contributed by atoms with Crippen molar-refractivity contribution in [2.75, 3.05) is 33.2 Å². The summed E-state index contributed by atoms with van der Waals surface area (Å²) in [4.78, 5) is 28.0. The van der Waals surface area contributed by atoms with Crippen LogP contribution in [0.3, 0.4) is 0 Å². The summed E-state index contributed by atoms with van der Waals surface area (Å²) in [6.45, 7) is 14.0. The largest absolute Gasteiger partial charge is 0.517 e. The second-order valence-electron chi connectivity index (χ2n) is 11.5. The topological polar surface area (TPSA) is 67.9 Å². The molecular formula is C29H38FIN3O4+. The van der Waals surface area contributed by atoms with Gasteiger partial charge >= 0.3 is 6.09 Å². The van der Waals surface area contributed by atoms with E-state index in [1.165, 1.54) is 6.07 Å². The summed E-state index contributed by atoms with van der Waals surface area (Å²) in [5.41, 5.74) is 2.17. The van der Waals surface area contributed by atoms with E-state index < -0.39 is 11.7 Å². The van der Waals surface area contributed by atoms with Crippen LogP contribution in [0.15, 0.2) is 30.3 Å². The fraction of sp³-hybridized carbons (Fsp3) is 0.517. The van der Waals surface area contributed by atoms with E-state index in [1.807, 2.05) is 45.9 Å². The number of quaternary nitrogens is 1. The molecule has 0 saturated carbocycles. The van der Waals surface area contributed by atoms with Crippen molar-refractivity contribution >= 4 is 34.6 Å². The number of benzene rings is 2. The molecule has 0 bridgehead atoms. The maximum atomic E-state index is 14.6. The molecule has 9 heteroatoms. The highest BCUT2D eigenvalue weighted by Gasteiger charge is 2.72. The molecule has 0 radical (unpaired) electrons. The Kier molecular flexibility index (Phi) is 8.12. The summed E-state index contributed by atoms with van der Waals surface area (Å²) in [7, 11) is 1.59. The molecule has 1 N–H and O–H groups in total. The smallest absolute Gasteiger partial charge is 0.484 e. The van der Waals surface area contributed by atoms with Crippen molar-refractivity contribution in [2.45, 2.75) is 65.3 Å². The zero-order chi connectivity index (χ0) is 28.0. The lowest BCUT2D eigenvalue weighted by Gasteiger charge is -2.33. The van der Waals surface area contributed by atoms with Gasteiger partial charge in [-0.2, -0.15) is 4.79 Å². The predicted octanol–water partition coefficient (Wildman–Crippen LogP) is 5.37. The fourth-order valence-electron chi connectivity index (χ4n) is 5.35. The summed E-state index contributed by atoms with van der Waals surface area (Å²) in [5, 5.41) is 2.69. The SMILES string of the molecule is CNC(=O)c1cc(I)c(C)cc1O[C@H](CN1CC[N+]2(C(=O)OC(C)(C)C)C(C1)[C@H]2C)c1ccc(C)c(F)c1. The van der Waals surface area contributed by atoms with Crippen LogP contribution in [0.5, 0.6) is 5.75 Å². The van der Waals surface area contributed by atoms with Crippen LogP contribution in [0.25, 0.3) is 0 Å². The van der Waals surface area contributed by atoms with E-state index in [1.54, 1.807) is 20.0 Å². The van der Waals surface area contributed by atoms with Gasteiger partial charge in [-0.05, 0) is 99.0 Å². The molecule has 2 saturated heterocycles. The number of aryl methyl sites for hydroxylation is 2. The van der Waals surface area contributed by atoms with Gasteiger partial charge in [-0.25, -0.2) is 8.87 Å². The number of nitrogens with one attached hydrogen (secondary N) is 1. The van der Waals surface area contributed by atoms with Crippen molar-refractivity contribution in [3.05, 3.63) is 62.0 Å². The predicted molar refractivity (Wildman–Crippen MR) is 153 cm³/mol. The van der Waals surface area contributed by atoms with Gasteiger partial charge in [0.2, 0.25) is 0 Å². The number of fused-ring (bicyclic) bond motifs is 1. The van der Waals surface area contributed by atoms with Gasteiger partial charge in [-0.15, -0.1) is 0 Å². The van der Waals surface area contributed by atoms with Crippen LogP contribution in [-0.4, -0.2) is 72.3 Å². The third-order valence-electron chi connectivity index (χ3n) is 7.74. The van der Waals surface area contributed by atoms with E-state index in [4.69, 9.17) is 9.47 Å². The van der Waals surface area contributed by atoms with Gasteiger partial charge in [0.05, 0.1) is 12.1 Å². The first-order valence-electron chi connectivity index (χ1n) is 13.0. The minimum atomic E-state index is -0.531. The molecule has 2 fully saturated rings. The lowest BCUT2D eigenvalue weighted by Crippen LogP contribution is -2.52. The van der Waals surface area contributed by atoms with Gasteiger partial charge in [0.15, 0.2) is 12.1 Å². The van der Waals surface area contributed by atoms with Crippen LogP contribution in [0, 0.1) is 23.2 Å². The number of carbonyl (C=O) groups excluding carboxylic acids is 2. The standard InChI is InChI=1S/C29H37FIN3O4/c1-17-8-9-20(13-22(17)30)26(37-25-12-18(2)23(31)14-21(25)27(35)32-7)16-33-10-11-34(19(3)24(34)15-33)28(36)38-29(4,5)6/h8-9,12-14,19,24,26H,10-11,15-16H2,1-7H3/p+1/t19-,24?,26-,34?/m1/s1. The van der Waals surface area contributed by atoms with Crippen LogP contribution in [-0.2, 0) is 4.74 Å². The lowest BCUT2D eigenvalue weighted by atomic mass is 10.0. The Bertz CT molecular complexity index is 1250. The van der Waals surface area contributed by atoms with E-state index in [9.17, 15) is 14.0 Å². The first-order chi connectivity index (χ1) is 17.8. The second-order valence-corrected chi connectivity index (χ2v) is 12.7. The van der Waals surface area contributed by atoms with Crippen molar-refractivity contribution in [1.82, 2.24) is 10.2 Å². The van der Waals surface area contributed by atoms with Crippen LogP contribution < -0.4 is 10.1 Å². The minimum Gasteiger partial charge on any atom is -0.484 e. The number of hydrogen-bond donors (Lipinski definition) is 1. The number of ether oxygens (including phenoxy) is 2. The molecule has 0 aromatic heterocycles. The molecule has 206 valence electrons. The third kappa shape index (κ3) is 5.70. The molecule has 2 aromatic carbocycles. The number of nitrogens with zero attached hydrogens (tertiary/aromatic N) is 2. The lowest BCUT2D eigenvalue weighted by molar-refractivity contribution is -0.756. The number of carbonyl (C=O) groups is 2. The van der Waals surface area contributed by atoms with E-state index in [0.29, 0.717) is 53.1 Å². The van der Waals surface area contributed by atoms with E-state index >= 15 is 0 Å². The maximum Gasteiger partial charge on any atom is 0.517 e. The van der Waals surface area contributed by atoms with E-state index in [-0.39, 0.29) is 29.9 Å². The summed E-state index contributed by atoms with van der Waals surface area (Å²) in [6.07, 6.45) is -0.670. The molecular weight excluding hydrogens is 600 g/mol. The first-order valence-corrected chi connectivity index (χ1v) is 14.1. The highest BCUT2D eigenvalue weighted by molar-refractivity contribution is 14.1. The molecule has 2 aliphatic rings. The monoisotopic (exact) mass is 638 g/mol. The Balaban J connectivity index is 1.60. The molecule has 2 aromatic rings. The quantitative estimate of drug-likeness (QED) is 0.262. The number of halogens is 2.